The first-order chi connectivity index (χ1) is 12.6. The highest BCUT2D eigenvalue weighted by atomic mass is 16.2. The molecule has 1 aromatic carbocycles. The molecule has 2 unspecified atom stereocenters. The maximum absolute atomic E-state index is 12.9. The van der Waals surface area contributed by atoms with E-state index in [0.29, 0.717) is 24.3 Å². The largest absolute Gasteiger partial charge is 0.341 e. The van der Waals surface area contributed by atoms with Crippen molar-refractivity contribution in [1.82, 2.24) is 14.8 Å². The number of nitrogens with two attached hydrogens (primary N) is 1. The van der Waals surface area contributed by atoms with Crippen molar-refractivity contribution in [1.29, 1.82) is 0 Å². The molecule has 0 saturated carbocycles. The first-order valence-corrected chi connectivity index (χ1v) is 9.60. The minimum absolute atomic E-state index is 0.184. The van der Waals surface area contributed by atoms with Crippen molar-refractivity contribution in [2.75, 3.05) is 33.2 Å². The molecule has 2 N–H and O–H groups in total. The van der Waals surface area contributed by atoms with Gasteiger partial charge in [0.1, 0.15) is 0 Å². The Bertz CT molecular complexity index is 815. The number of nitrogens with zero attached hydrogens (tertiary/aromatic N) is 3. The van der Waals surface area contributed by atoms with Gasteiger partial charge < -0.3 is 15.5 Å². The van der Waals surface area contributed by atoms with Crippen molar-refractivity contribution in [3.63, 3.8) is 0 Å². The molecule has 26 heavy (non-hydrogen) atoms. The summed E-state index contributed by atoms with van der Waals surface area (Å²) in [5, 5.41) is 1.19. The zero-order valence-electron chi connectivity index (χ0n) is 15.7. The molecular weight excluding hydrogens is 324 g/mol. The SMILES string of the molecule is CC1CC(c2ccc(CN)c3ncccc23)CN(C(=O)C2CN(C)C2)C1. The third-order valence-electron chi connectivity index (χ3n) is 5.93. The van der Waals surface area contributed by atoms with E-state index in [2.05, 4.69) is 47.0 Å². The Labute approximate surface area is 155 Å². The number of hydrogen-bond acceptors (Lipinski definition) is 4. The molecule has 2 aliphatic heterocycles. The number of likely N-dealkylation sites (tertiary alicyclic amines) is 2. The fraction of sp³-hybridized carbons (Fsp3) is 0.524. The van der Waals surface area contributed by atoms with Crippen LogP contribution in [-0.2, 0) is 11.3 Å². The van der Waals surface area contributed by atoms with Crippen LogP contribution in [-0.4, -0.2) is 53.9 Å². The molecule has 0 bridgehead atoms. The van der Waals surface area contributed by atoms with Gasteiger partial charge in [-0.2, -0.15) is 0 Å². The summed E-state index contributed by atoms with van der Waals surface area (Å²) in [6.07, 6.45) is 2.94. The fourth-order valence-electron chi connectivity index (χ4n) is 4.64. The lowest BCUT2D eigenvalue weighted by Crippen LogP contribution is -2.55. The number of pyridine rings is 1. The van der Waals surface area contributed by atoms with Crippen LogP contribution in [0.4, 0.5) is 0 Å². The van der Waals surface area contributed by atoms with Gasteiger partial charge in [0, 0.05) is 50.2 Å². The predicted molar refractivity (Wildman–Crippen MR) is 104 cm³/mol. The van der Waals surface area contributed by atoms with Crippen molar-refractivity contribution in [2.45, 2.75) is 25.8 Å². The Hall–Kier alpha value is -1.98. The fourth-order valence-corrected chi connectivity index (χ4v) is 4.64. The molecule has 0 spiro atoms. The molecule has 1 aromatic heterocycles. The van der Waals surface area contributed by atoms with E-state index in [1.807, 2.05) is 12.3 Å². The predicted octanol–water partition coefficient (Wildman–Crippen LogP) is 2.21. The summed E-state index contributed by atoms with van der Waals surface area (Å²) in [7, 11) is 2.07. The topological polar surface area (TPSA) is 62.5 Å². The third kappa shape index (κ3) is 3.10. The van der Waals surface area contributed by atoms with Gasteiger partial charge in [-0.1, -0.05) is 25.1 Å². The monoisotopic (exact) mass is 352 g/mol. The van der Waals surface area contributed by atoms with Crippen LogP contribution in [0.25, 0.3) is 10.9 Å². The van der Waals surface area contributed by atoms with E-state index >= 15 is 0 Å². The summed E-state index contributed by atoms with van der Waals surface area (Å²) < 4.78 is 0. The normalized spacial score (nSPS) is 24.7. The first kappa shape index (κ1) is 17.4. The summed E-state index contributed by atoms with van der Waals surface area (Å²) >= 11 is 0. The van der Waals surface area contributed by atoms with Crippen molar-refractivity contribution < 1.29 is 4.79 Å². The second-order valence-corrected chi connectivity index (χ2v) is 8.12. The quantitative estimate of drug-likeness (QED) is 0.920. The average Bonchev–Trinajstić information content (AvgIpc) is 2.63. The molecule has 1 amide bonds. The molecule has 2 saturated heterocycles. The second-order valence-electron chi connectivity index (χ2n) is 8.12. The van der Waals surface area contributed by atoms with Crippen molar-refractivity contribution in [3.8, 4) is 0 Å². The van der Waals surface area contributed by atoms with Gasteiger partial charge in [0.25, 0.3) is 0 Å². The molecule has 2 aliphatic rings. The lowest BCUT2D eigenvalue weighted by atomic mass is 9.82. The zero-order valence-corrected chi connectivity index (χ0v) is 15.7. The molecule has 5 nitrogen and oxygen atoms in total. The number of aromatic nitrogens is 1. The summed E-state index contributed by atoms with van der Waals surface area (Å²) in [6.45, 7) is 6.24. The Morgan fingerprint density at radius 3 is 2.77 bits per heavy atom. The van der Waals surface area contributed by atoms with E-state index in [1.165, 1.54) is 10.9 Å². The number of fused-ring (bicyclic) bond motifs is 1. The Balaban J connectivity index is 1.63. The third-order valence-corrected chi connectivity index (χ3v) is 5.93. The van der Waals surface area contributed by atoms with Crippen LogP contribution in [0, 0.1) is 11.8 Å². The highest BCUT2D eigenvalue weighted by Crippen LogP contribution is 2.35. The van der Waals surface area contributed by atoms with Gasteiger partial charge in [0.2, 0.25) is 5.91 Å². The molecule has 0 aliphatic carbocycles. The van der Waals surface area contributed by atoms with Crippen LogP contribution in [0.5, 0.6) is 0 Å². The molecule has 5 heteroatoms. The van der Waals surface area contributed by atoms with Gasteiger partial charge in [-0.3, -0.25) is 9.78 Å². The standard InChI is InChI=1S/C21H28N4O/c1-14-8-16(13-25(10-14)21(26)17-11-24(2)12-17)18-6-5-15(9-22)20-19(18)4-3-7-23-20/h3-7,14,16-17H,8-13,22H2,1-2H3. The summed E-state index contributed by atoms with van der Waals surface area (Å²) in [4.78, 5) is 21.8. The summed E-state index contributed by atoms with van der Waals surface area (Å²) in [6, 6.07) is 8.44. The van der Waals surface area contributed by atoms with Crippen LogP contribution in [0.3, 0.4) is 0 Å². The molecule has 4 rings (SSSR count). The minimum atomic E-state index is 0.184. The van der Waals surface area contributed by atoms with Gasteiger partial charge in [-0.05, 0) is 36.6 Å². The Kier molecular flexibility index (Phi) is 4.67. The number of piperidine rings is 1. The Morgan fingerprint density at radius 1 is 1.23 bits per heavy atom. The molecule has 2 fully saturated rings. The maximum Gasteiger partial charge on any atom is 0.228 e. The van der Waals surface area contributed by atoms with Crippen molar-refractivity contribution in [2.24, 2.45) is 17.6 Å². The van der Waals surface area contributed by atoms with Gasteiger partial charge in [0.05, 0.1) is 11.4 Å². The number of amides is 1. The van der Waals surface area contributed by atoms with E-state index < -0.39 is 0 Å². The molecular formula is C21H28N4O. The van der Waals surface area contributed by atoms with Crippen molar-refractivity contribution >= 4 is 16.8 Å². The highest BCUT2D eigenvalue weighted by molar-refractivity contribution is 5.86. The van der Waals surface area contributed by atoms with E-state index in [1.54, 1.807) is 0 Å². The molecule has 3 heterocycles. The van der Waals surface area contributed by atoms with Gasteiger partial charge in [-0.15, -0.1) is 0 Å². The zero-order chi connectivity index (χ0) is 18.3. The number of carbonyl (C=O) groups is 1. The average molecular weight is 352 g/mol. The first-order valence-electron chi connectivity index (χ1n) is 9.60. The summed E-state index contributed by atoms with van der Waals surface area (Å²) in [5.41, 5.74) is 9.29. The van der Waals surface area contributed by atoms with Crippen LogP contribution < -0.4 is 5.73 Å². The number of hydrogen-bond donors (Lipinski definition) is 1. The Morgan fingerprint density at radius 2 is 2.04 bits per heavy atom. The lowest BCUT2D eigenvalue weighted by Gasteiger charge is -2.42. The molecule has 138 valence electrons. The maximum atomic E-state index is 12.9. The smallest absolute Gasteiger partial charge is 0.228 e. The van der Waals surface area contributed by atoms with Crippen LogP contribution in [0.2, 0.25) is 0 Å². The highest BCUT2D eigenvalue weighted by Gasteiger charge is 2.37. The molecule has 2 aromatic rings. The summed E-state index contributed by atoms with van der Waals surface area (Å²) in [5.74, 6) is 1.39. The van der Waals surface area contributed by atoms with E-state index in [-0.39, 0.29) is 5.92 Å². The van der Waals surface area contributed by atoms with Gasteiger partial charge in [0.15, 0.2) is 0 Å². The second kappa shape index (κ2) is 6.97. The van der Waals surface area contributed by atoms with Crippen molar-refractivity contribution in [3.05, 3.63) is 41.6 Å². The van der Waals surface area contributed by atoms with Crippen LogP contribution >= 0.6 is 0 Å². The van der Waals surface area contributed by atoms with Gasteiger partial charge >= 0.3 is 0 Å². The number of carbonyl (C=O) groups excluding carboxylic acids is 1. The van der Waals surface area contributed by atoms with E-state index in [9.17, 15) is 4.79 Å². The number of benzene rings is 1. The minimum Gasteiger partial charge on any atom is -0.341 e. The van der Waals surface area contributed by atoms with E-state index in [4.69, 9.17) is 5.73 Å². The van der Waals surface area contributed by atoms with Crippen LogP contribution in [0.1, 0.15) is 30.4 Å². The lowest BCUT2D eigenvalue weighted by molar-refractivity contribution is -0.142. The molecule has 2 atom stereocenters. The van der Waals surface area contributed by atoms with Gasteiger partial charge in [-0.25, -0.2) is 0 Å². The number of rotatable bonds is 3. The van der Waals surface area contributed by atoms with Crippen LogP contribution in [0.15, 0.2) is 30.5 Å². The molecule has 0 radical (unpaired) electrons. The van der Waals surface area contributed by atoms with E-state index in [0.717, 1.165) is 43.7 Å².